The third kappa shape index (κ3) is 4.36. The molecular weight excluding hydrogens is 262 g/mol. The summed E-state index contributed by atoms with van der Waals surface area (Å²) in [4.78, 5) is 34.0. The lowest BCUT2D eigenvalue weighted by Crippen LogP contribution is -2.36. The molecule has 1 aromatic carbocycles. The van der Waals surface area contributed by atoms with Crippen LogP contribution < -0.4 is 16.4 Å². The van der Waals surface area contributed by atoms with Crippen LogP contribution >= 0.6 is 0 Å². The van der Waals surface area contributed by atoms with Crippen molar-refractivity contribution in [3.63, 3.8) is 0 Å². The van der Waals surface area contributed by atoms with Crippen molar-refractivity contribution in [2.24, 2.45) is 5.73 Å². The summed E-state index contributed by atoms with van der Waals surface area (Å²) >= 11 is 0. The minimum absolute atomic E-state index is 0.176. The number of carbonyl (C=O) groups excluding carboxylic acids is 3. The first-order valence-electron chi connectivity index (χ1n) is 5.93. The van der Waals surface area contributed by atoms with Crippen molar-refractivity contribution < 1.29 is 19.1 Å². The predicted octanol–water partition coefficient (Wildman–Crippen LogP) is -0.205. The van der Waals surface area contributed by atoms with Gasteiger partial charge in [-0.2, -0.15) is 0 Å². The van der Waals surface area contributed by atoms with Gasteiger partial charge in [0.2, 0.25) is 11.8 Å². The number of aryl methyl sites for hydroxylation is 1. The second-order valence-electron chi connectivity index (χ2n) is 4.05. The topological polar surface area (TPSA) is 111 Å². The molecule has 0 aliphatic carbocycles. The highest BCUT2D eigenvalue weighted by Gasteiger charge is 2.11. The summed E-state index contributed by atoms with van der Waals surface area (Å²) in [7, 11) is 1.29. The average Bonchev–Trinajstić information content (AvgIpc) is 2.45. The minimum atomic E-state index is -0.477. The summed E-state index contributed by atoms with van der Waals surface area (Å²) < 4.78 is 4.65. The molecule has 0 aliphatic heterocycles. The molecule has 0 spiro atoms. The van der Waals surface area contributed by atoms with Crippen molar-refractivity contribution in [3.05, 3.63) is 29.3 Å². The Morgan fingerprint density at radius 1 is 1.25 bits per heavy atom. The van der Waals surface area contributed by atoms with Crippen LogP contribution in [0, 0.1) is 6.92 Å². The van der Waals surface area contributed by atoms with E-state index in [1.165, 1.54) is 13.2 Å². The zero-order valence-electron chi connectivity index (χ0n) is 11.4. The number of nitrogens with one attached hydrogen (secondary N) is 2. The molecule has 108 valence electrons. The molecule has 0 fully saturated rings. The molecule has 1 aromatic rings. The van der Waals surface area contributed by atoms with E-state index in [9.17, 15) is 14.4 Å². The molecule has 0 saturated heterocycles. The van der Waals surface area contributed by atoms with E-state index >= 15 is 0 Å². The van der Waals surface area contributed by atoms with Crippen molar-refractivity contribution >= 4 is 23.5 Å². The second-order valence-corrected chi connectivity index (χ2v) is 4.05. The molecule has 0 aliphatic rings. The van der Waals surface area contributed by atoms with E-state index in [1.807, 2.05) is 0 Å². The largest absolute Gasteiger partial charge is 0.465 e. The van der Waals surface area contributed by atoms with Gasteiger partial charge >= 0.3 is 5.97 Å². The van der Waals surface area contributed by atoms with Crippen LogP contribution in [0.15, 0.2) is 18.2 Å². The Labute approximate surface area is 116 Å². The van der Waals surface area contributed by atoms with E-state index in [2.05, 4.69) is 15.4 Å². The highest BCUT2D eigenvalue weighted by atomic mass is 16.5. The molecule has 4 N–H and O–H groups in total. The van der Waals surface area contributed by atoms with Crippen LogP contribution in [0.25, 0.3) is 0 Å². The maximum Gasteiger partial charge on any atom is 0.338 e. The summed E-state index contributed by atoms with van der Waals surface area (Å²) in [5, 5.41) is 4.91. The van der Waals surface area contributed by atoms with Crippen LogP contribution in [0.1, 0.15) is 15.9 Å². The number of anilines is 1. The van der Waals surface area contributed by atoms with Gasteiger partial charge in [-0.1, -0.05) is 6.07 Å². The molecule has 0 atom stereocenters. The number of methoxy groups -OCH3 is 1. The first-order valence-corrected chi connectivity index (χ1v) is 5.93. The number of carbonyl (C=O) groups is 3. The fraction of sp³-hybridized carbons (Fsp3) is 0.308. The summed E-state index contributed by atoms with van der Waals surface area (Å²) in [6, 6.07) is 4.87. The highest BCUT2D eigenvalue weighted by Crippen LogP contribution is 2.16. The molecule has 1 rings (SSSR count). The summed E-state index contributed by atoms with van der Waals surface area (Å²) in [6.07, 6.45) is 0. The standard InChI is InChI=1S/C13H17N3O4/c1-8-3-4-9(5-10(8)13(19)20-2)16-12(18)7-15-11(17)6-14/h3-5H,6-7,14H2,1-2H3,(H,15,17)(H,16,18). The molecule has 0 unspecified atom stereocenters. The van der Waals surface area contributed by atoms with Crippen LogP contribution in [0.2, 0.25) is 0 Å². The number of amides is 2. The number of benzene rings is 1. The lowest BCUT2D eigenvalue weighted by molar-refractivity contribution is -0.123. The van der Waals surface area contributed by atoms with E-state index in [1.54, 1.807) is 19.1 Å². The van der Waals surface area contributed by atoms with Gasteiger partial charge in [0.25, 0.3) is 0 Å². The van der Waals surface area contributed by atoms with E-state index in [0.29, 0.717) is 11.3 Å². The molecule has 0 aromatic heterocycles. The fourth-order valence-corrected chi connectivity index (χ4v) is 1.49. The average molecular weight is 279 g/mol. The number of nitrogens with two attached hydrogens (primary N) is 1. The number of rotatable bonds is 5. The van der Waals surface area contributed by atoms with Crippen LogP contribution in [0.5, 0.6) is 0 Å². The van der Waals surface area contributed by atoms with Gasteiger partial charge in [-0.25, -0.2) is 4.79 Å². The van der Waals surface area contributed by atoms with E-state index in [-0.39, 0.29) is 13.1 Å². The lowest BCUT2D eigenvalue weighted by Gasteiger charge is -2.09. The molecule has 7 heteroatoms. The Balaban J connectivity index is 2.71. The molecule has 7 nitrogen and oxygen atoms in total. The van der Waals surface area contributed by atoms with Gasteiger partial charge in [-0.3, -0.25) is 9.59 Å². The van der Waals surface area contributed by atoms with Gasteiger partial charge in [0.15, 0.2) is 0 Å². The molecule has 20 heavy (non-hydrogen) atoms. The lowest BCUT2D eigenvalue weighted by atomic mass is 10.1. The van der Waals surface area contributed by atoms with Crippen molar-refractivity contribution in [2.75, 3.05) is 25.5 Å². The first kappa shape index (κ1) is 15.6. The zero-order chi connectivity index (χ0) is 15.1. The monoisotopic (exact) mass is 279 g/mol. The van der Waals surface area contributed by atoms with E-state index < -0.39 is 17.8 Å². The van der Waals surface area contributed by atoms with Gasteiger partial charge in [-0.05, 0) is 24.6 Å². The molecule has 0 radical (unpaired) electrons. The zero-order valence-corrected chi connectivity index (χ0v) is 11.4. The first-order chi connectivity index (χ1) is 9.47. The fourth-order valence-electron chi connectivity index (χ4n) is 1.49. The predicted molar refractivity (Wildman–Crippen MR) is 73.2 cm³/mol. The van der Waals surface area contributed by atoms with Gasteiger partial charge in [-0.15, -0.1) is 0 Å². The maximum absolute atomic E-state index is 11.6. The van der Waals surface area contributed by atoms with E-state index in [0.717, 1.165) is 5.56 Å². The van der Waals surface area contributed by atoms with Gasteiger partial charge in [0, 0.05) is 5.69 Å². The summed E-state index contributed by atoms with van der Waals surface area (Å²) in [5.41, 5.74) is 6.66. The molecular formula is C13H17N3O4. The maximum atomic E-state index is 11.6. The summed E-state index contributed by atoms with van der Waals surface area (Å²) in [5.74, 6) is -1.30. The van der Waals surface area contributed by atoms with Gasteiger partial charge < -0.3 is 21.1 Å². The Morgan fingerprint density at radius 3 is 2.55 bits per heavy atom. The number of esters is 1. The molecule has 0 heterocycles. The van der Waals surface area contributed by atoms with Crippen molar-refractivity contribution in [1.82, 2.24) is 5.32 Å². The number of hydrogen-bond acceptors (Lipinski definition) is 5. The Hall–Kier alpha value is -2.41. The van der Waals surface area contributed by atoms with Crippen LogP contribution in [-0.2, 0) is 14.3 Å². The van der Waals surface area contributed by atoms with Gasteiger partial charge in [0.1, 0.15) is 0 Å². The third-order valence-corrected chi connectivity index (χ3v) is 2.56. The smallest absolute Gasteiger partial charge is 0.338 e. The molecule has 0 saturated carbocycles. The normalized spacial score (nSPS) is 9.75. The Bertz CT molecular complexity index is 528. The number of hydrogen-bond donors (Lipinski definition) is 3. The highest BCUT2D eigenvalue weighted by molar-refractivity contribution is 5.97. The number of ether oxygens (including phenoxy) is 1. The van der Waals surface area contributed by atoms with Crippen molar-refractivity contribution in [2.45, 2.75) is 6.92 Å². The van der Waals surface area contributed by atoms with Crippen LogP contribution in [-0.4, -0.2) is 38.0 Å². The minimum Gasteiger partial charge on any atom is -0.465 e. The Kier molecular flexibility index (Phi) is 5.67. The van der Waals surface area contributed by atoms with E-state index in [4.69, 9.17) is 5.73 Å². The van der Waals surface area contributed by atoms with Crippen LogP contribution in [0.4, 0.5) is 5.69 Å². The van der Waals surface area contributed by atoms with Gasteiger partial charge in [0.05, 0.1) is 25.8 Å². The SMILES string of the molecule is COC(=O)c1cc(NC(=O)CNC(=O)CN)ccc1C. The third-order valence-electron chi connectivity index (χ3n) is 2.56. The molecule has 0 bridgehead atoms. The van der Waals surface area contributed by atoms with Crippen molar-refractivity contribution in [1.29, 1.82) is 0 Å². The molecule has 2 amide bonds. The Morgan fingerprint density at radius 2 is 1.95 bits per heavy atom. The van der Waals surface area contributed by atoms with Crippen LogP contribution in [0.3, 0.4) is 0 Å². The quantitative estimate of drug-likeness (QED) is 0.646. The summed E-state index contributed by atoms with van der Waals surface area (Å²) in [6.45, 7) is 1.40. The second kappa shape index (κ2) is 7.25. The van der Waals surface area contributed by atoms with Crippen molar-refractivity contribution in [3.8, 4) is 0 Å².